The van der Waals surface area contributed by atoms with Crippen LogP contribution in [0, 0.1) is 5.95 Å². The summed E-state index contributed by atoms with van der Waals surface area (Å²) >= 11 is 12.2. The predicted molar refractivity (Wildman–Crippen MR) is 100 cm³/mol. The highest BCUT2D eigenvalue weighted by Crippen LogP contribution is 2.42. The van der Waals surface area contributed by atoms with Gasteiger partial charge >= 0.3 is 0 Å². The Hall–Kier alpha value is -1.80. The van der Waals surface area contributed by atoms with Crippen molar-refractivity contribution in [1.29, 1.82) is 0 Å². The first-order chi connectivity index (χ1) is 12.3. The molecule has 0 spiro atoms. The number of nitrogens with one attached hydrogen (secondary N) is 1. The van der Waals surface area contributed by atoms with Crippen molar-refractivity contribution in [2.24, 2.45) is 5.73 Å². The average molecular weight is 404 g/mol. The highest BCUT2D eigenvalue weighted by Gasteiger charge is 2.22. The van der Waals surface area contributed by atoms with E-state index in [-0.39, 0.29) is 46.4 Å². The summed E-state index contributed by atoms with van der Waals surface area (Å²) in [6.07, 6.45) is 0. The van der Waals surface area contributed by atoms with E-state index >= 15 is 0 Å². The van der Waals surface area contributed by atoms with Crippen molar-refractivity contribution in [3.05, 3.63) is 39.8 Å². The first-order valence-corrected chi connectivity index (χ1v) is 8.66. The van der Waals surface area contributed by atoms with Crippen LogP contribution in [0.2, 0.25) is 10.0 Å². The average Bonchev–Trinajstić information content (AvgIpc) is 2.61. The first kappa shape index (κ1) is 20.5. The summed E-state index contributed by atoms with van der Waals surface area (Å²) in [6, 6.07) is 4.04. The second-order valence-electron chi connectivity index (χ2n) is 5.95. The van der Waals surface area contributed by atoms with Gasteiger partial charge in [0.25, 0.3) is 0 Å². The van der Waals surface area contributed by atoms with Crippen LogP contribution >= 0.6 is 23.2 Å². The molecule has 0 aliphatic heterocycles. The lowest BCUT2D eigenvalue weighted by atomic mass is 10.0. The fourth-order valence-corrected chi connectivity index (χ4v) is 2.68. The number of anilines is 1. The van der Waals surface area contributed by atoms with Gasteiger partial charge in [-0.15, -0.1) is 0 Å². The summed E-state index contributed by atoms with van der Waals surface area (Å²) in [5.74, 6) is -0.657. The van der Waals surface area contributed by atoms with Crippen LogP contribution in [0.15, 0.2) is 18.2 Å². The highest BCUT2D eigenvalue weighted by molar-refractivity contribution is 6.38. The number of ether oxygens (including phenoxy) is 1. The predicted octanol–water partition coefficient (Wildman–Crippen LogP) is 3.88. The third-order valence-corrected chi connectivity index (χ3v) is 4.36. The molecule has 0 aliphatic carbocycles. The molecule has 9 heteroatoms. The van der Waals surface area contributed by atoms with Crippen molar-refractivity contribution in [1.82, 2.24) is 4.98 Å². The van der Waals surface area contributed by atoms with E-state index in [4.69, 9.17) is 33.7 Å². The van der Waals surface area contributed by atoms with Crippen LogP contribution in [0.25, 0.3) is 0 Å². The van der Waals surface area contributed by atoms with Crippen LogP contribution in [0.1, 0.15) is 25.3 Å². The zero-order chi connectivity index (χ0) is 19.4. The van der Waals surface area contributed by atoms with Gasteiger partial charge in [-0.1, -0.05) is 37.0 Å². The molecule has 142 valence electrons. The number of aliphatic hydroxyl groups excluding tert-OH is 1. The van der Waals surface area contributed by atoms with E-state index in [0.717, 1.165) is 0 Å². The maximum Gasteiger partial charge on any atom is 0.237 e. The number of benzene rings is 1. The molecule has 1 atom stereocenters. The van der Waals surface area contributed by atoms with Crippen LogP contribution in [0.4, 0.5) is 10.2 Å². The minimum absolute atomic E-state index is 0.0454. The molecule has 2 aromatic rings. The van der Waals surface area contributed by atoms with Crippen LogP contribution in [0.3, 0.4) is 0 Å². The number of pyridine rings is 1. The molecule has 2 rings (SSSR count). The van der Waals surface area contributed by atoms with Gasteiger partial charge < -0.3 is 26.0 Å². The van der Waals surface area contributed by atoms with Crippen molar-refractivity contribution in [3.8, 4) is 17.2 Å². The number of hydrogen-bond acceptors (Lipinski definition) is 6. The Morgan fingerprint density at radius 2 is 2.00 bits per heavy atom. The van der Waals surface area contributed by atoms with Gasteiger partial charge in [0.1, 0.15) is 21.5 Å². The molecule has 0 bridgehead atoms. The number of aliphatic hydroxyl groups is 1. The van der Waals surface area contributed by atoms with E-state index in [1.54, 1.807) is 6.07 Å². The van der Waals surface area contributed by atoms with Gasteiger partial charge in [-0.05, 0) is 24.1 Å². The molecule has 1 aromatic heterocycles. The molecule has 1 aromatic carbocycles. The summed E-state index contributed by atoms with van der Waals surface area (Å²) in [4.78, 5) is 3.64. The van der Waals surface area contributed by atoms with Gasteiger partial charge in [0.2, 0.25) is 5.95 Å². The summed E-state index contributed by atoms with van der Waals surface area (Å²) in [6.45, 7) is 3.62. The first-order valence-electron chi connectivity index (χ1n) is 7.91. The summed E-state index contributed by atoms with van der Waals surface area (Å²) in [5, 5.41) is 21.4. The fourth-order valence-electron chi connectivity index (χ4n) is 2.23. The van der Waals surface area contributed by atoms with Gasteiger partial charge in [-0.3, -0.25) is 0 Å². The van der Waals surface area contributed by atoms with Gasteiger partial charge in [0, 0.05) is 12.1 Å². The Balaban J connectivity index is 2.43. The second-order valence-corrected chi connectivity index (χ2v) is 6.70. The van der Waals surface area contributed by atoms with Gasteiger partial charge in [-0.2, -0.15) is 9.37 Å². The second kappa shape index (κ2) is 8.73. The molecule has 1 heterocycles. The Bertz CT molecular complexity index is 786. The Kier molecular flexibility index (Phi) is 6.88. The number of nitrogens with zero attached hydrogens (tertiary/aromatic N) is 1. The normalized spacial score (nSPS) is 12.3. The van der Waals surface area contributed by atoms with Crippen molar-refractivity contribution in [2.45, 2.75) is 25.8 Å². The smallest absolute Gasteiger partial charge is 0.237 e. The van der Waals surface area contributed by atoms with E-state index in [1.165, 1.54) is 12.1 Å². The number of aromatic nitrogens is 1. The number of halogens is 3. The standard InChI is InChI=1S/C17H20Cl2FN3O3/c1-8(2)11-5-10(3-4-12(11)25)26-15-13(18)16(20)23-17(14(15)19)22-9(6-21)7-24/h3-5,8-9,24-25H,6-7,21H2,1-2H3,(H,22,23). The zero-order valence-electron chi connectivity index (χ0n) is 14.3. The maximum atomic E-state index is 14.1. The molecule has 0 saturated carbocycles. The van der Waals surface area contributed by atoms with Crippen LogP contribution in [-0.2, 0) is 0 Å². The van der Waals surface area contributed by atoms with Crippen LogP contribution in [0.5, 0.6) is 17.2 Å². The molecular weight excluding hydrogens is 384 g/mol. The van der Waals surface area contributed by atoms with E-state index < -0.39 is 12.0 Å². The lowest BCUT2D eigenvalue weighted by Crippen LogP contribution is -2.32. The molecule has 0 fully saturated rings. The van der Waals surface area contributed by atoms with Crippen molar-refractivity contribution < 1.29 is 19.3 Å². The van der Waals surface area contributed by atoms with Gasteiger partial charge in [-0.25, -0.2) is 0 Å². The fraction of sp³-hybridized carbons (Fsp3) is 0.353. The number of hydrogen-bond donors (Lipinski definition) is 4. The van der Waals surface area contributed by atoms with Crippen molar-refractivity contribution >= 4 is 29.0 Å². The van der Waals surface area contributed by atoms with Crippen LogP contribution in [-0.4, -0.2) is 34.4 Å². The molecule has 0 saturated heterocycles. The summed E-state index contributed by atoms with van der Waals surface area (Å²) in [7, 11) is 0. The van der Waals surface area contributed by atoms with E-state index in [0.29, 0.717) is 11.3 Å². The largest absolute Gasteiger partial charge is 0.508 e. The topological polar surface area (TPSA) is 101 Å². The molecule has 0 radical (unpaired) electrons. The summed E-state index contributed by atoms with van der Waals surface area (Å²) in [5.41, 5.74) is 6.16. The molecule has 5 N–H and O–H groups in total. The molecule has 6 nitrogen and oxygen atoms in total. The van der Waals surface area contributed by atoms with E-state index in [1.807, 2.05) is 13.8 Å². The number of aromatic hydroxyl groups is 1. The van der Waals surface area contributed by atoms with Crippen molar-refractivity contribution in [2.75, 3.05) is 18.5 Å². The summed E-state index contributed by atoms with van der Waals surface area (Å²) < 4.78 is 19.8. The SMILES string of the molecule is CC(C)c1cc(Oc2c(Cl)c(F)nc(NC(CN)CO)c2Cl)ccc1O. The Morgan fingerprint density at radius 1 is 1.31 bits per heavy atom. The zero-order valence-corrected chi connectivity index (χ0v) is 15.8. The van der Waals surface area contributed by atoms with E-state index in [9.17, 15) is 14.6 Å². The quantitative estimate of drug-likeness (QED) is 0.523. The van der Waals surface area contributed by atoms with E-state index in [2.05, 4.69) is 10.3 Å². The number of rotatable bonds is 7. The van der Waals surface area contributed by atoms with Crippen LogP contribution < -0.4 is 15.8 Å². The Morgan fingerprint density at radius 3 is 2.58 bits per heavy atom. The number of phenols is 1. The third-order valence-electron chi connectivity index (χ3n) is 3.68. The number of phenolic OH excluding ortho intramolecular Hbond substituents is 1. The monoisotopic (exact) mass is 403 g/mol. The molecule has 0 amide bonds. The molecular formula is C17H20Cl2FN3O3. The highest BCUT2D eigenvalue weighted by atomic mass is 35.5. The maximum absolute atomic E-state index is 14.1. The van der Waals surface area contributed by atoms with Gasteiger partial charge in [0.15, 0.2) is 11.6 Å². The molecule has 1 unspecified atom stereocenters. The third kappa shape index (κ3) is 4.48. The minimum Gasteiger partial charge on any atom is -0.508 e. The van der Waals surface area contributed by atoms with Crippen molar-refractivity contribution in [3.63, 3.8) is 0 Å². The molecule has 0 aliphatic rings. The lowest BCUT2D eigenvalue weighted by Gasteiger charge is -2.18. The Labute approximate surface area is 160 Å². The minimum atomic E-state index is -0.981. The van der Waals surface area contributed by atoms with Gasteiger partial charge in [0.05, 0.1) is 12.6 Å². The lowest BCUT2D eigenvalue weighted by molar-refractivity contribution is 0.276. The number of nitrogens with two attached hydrogens (primary N) is 1. The molecule has 26 heavy (non-hydrogen) atoms.